The maximum atomic E-state index is 12.8. The van der Waals surface area contributed by atoms with Gasteiger partial charge in [-0.25, -0.2) is 12.8 Å². The van der Waals surface area contributed by atoms with Crippen LogP contribution in [0.3, 0.4) is 0 Å². The van der Waals surface area contributed by atoms with Gasteiger partial charge in [-0.1, -0.05) is 12.1 Å². The van der Waals surface area contributed by atoms with Gasteiger partial charge in [0.15, 0.2) is 9.84 Å². The van der Waals surface area contributed by atoms with Gasteiger partial charge in [0.2, 0.25) is 0 Å². The predicted octanol–water partition coefficient (Wildman–Crippen LogP) is 2.23. The maximum absolute atomic E-state index is 12.8. The highest BCUT2D eigenvalue weighted by Crippen LogP contribution is 2.15. The second-order valence-corrected chi connectivity index (χ2v) is 5.04. The lowest BCUT2D eigenvalue weighted by molar-refractivity contribution is 0.610. The zero-order chi connectivity index (χ0) is 10.8. The molecule has 0 aliphatic rings. The molecular formula is C10H11FO2S. The third-order valence-electron chi connectivity index (χ3n) is 1.67. The van der Waals surface area contributed by atoms with Crippen molar-refractivity contribution >= 4 is 15.4 Å². The largest absolute Gasteiger partial charge is 0.225 e. The summed E-state index contributed by atoms with van der Waals surface area (Å²) in [5.41, 5.74) is 1.11. The van der Waals surface area contributed by atoms with Gasteiger partial charge in [0.05, 0.1) is 0 Å². The highest BCUT2D eigenvalue weighted by molar-refractivity contribution is 7.93. The molecule has 0 amide bonds. The molecule has 0 saturated carbocycles. The van der Waals surface area contributed by atoms with E-state index in [-0.39, 0.29) is 5.82 Å². The highest BCUT2D eigenvalue weighted by atomic mass is 32.2. The van der Waals surface area contributed by atoms with Crippen LogP contribution < -0.4 is 0 Å². The third kappa shape index (κ3) is 3.30. The average Bonchev–Trinajstić information content (AvgIpc) is 2.01. The van der Waals surface area contributed by atoms with Crippen LogP contribution in [0, 0.1) is 5.82 Å². The molecule has 1 aromatic carbocycles. The van der Waals surface area contributed by atoms with Gasteiger partial charge in [0.1, 0.15) is 5.82 Å². The van der Waals surface area contributed by atoms with E-state index in [0.717, 1.165) is 11.7 Å². The van der Waals surface area contributed by atoms with E-state index in [1.54, 1.807) is 19.1 Å². The lowest BCUT2D eigenvalue weighted by Crippen LogP contribution is -1.91. The summed E-state index contributed by atoms with van der Waals surface area (Å²) in [4.78, 5) is 0. The summed E-state index contributed by atoms with van der Waals surface area (Å²) in [6, 6.07) is 5.83. The molecule has 2 nitrogen and oxygen atoms in total. The molecule has 0 aromatic heterocycles. The van der Waals surface area contributed by atoms with Gasteiger partial charge in [0.25, 0.3) is 0 Å². The smallest absolute Gasteiger partial charge is 0.169 e. The molecule has 0 heterocycles. The van der Waals surface area contributed by atoms with Crippen LogP contribution in [0.15, 0.2) is 29.7 Å². The molecule has 4 heteroatoms. The Labute approximate surface area is 83.0 Å². The van der Waals surface area contributed by atoms with Crippen LogP contribution in [-0.2, 0) is 9.84 Å². The van der Waals surface area contributed by atoms with E-state index in [9.17, 15) is 12.8 Å². The Bertz CT molecular complexity index is 461. The lowest BCUT2D eigenvalue weighted by Gasteiger charge is -2.00. The van der Waals surface area contributed by atoms with Crippen LogP contribution in [0.2, 0.25) is 0 Å². The van der Waals surface area contributed by atoms with Gasteiger partial charge < -0.3 is 0 Å². The molecule has 0 fully saturated rings. The van der Waals surface area contributed by atoms with Gasteiger partial charge in [-0.15, -0.1) is 0 Å². The van der Waals surface area contributed by atoms with Crippen molar-refractivity contribution in [3.8, 4) is 0 Å². The van der Waals surface area contributed by atoms with Gasteiger partial charge in [0, 0.05) is 11.7 Å². The fraction of sp³-hybridized carbons (Fsp3) is 0.200. The first-order chi connectivity index (χ1) is 6.38. The summed E-state index contributed by atoms with van der Waals surface area (Å²) in [6.45, 7) is 1.63. The molecule has 0 saturated heterocycles. The van der Waals surface area contributed by atoms with E-state index in [2.05, 4.69) is 0 Å². The molecule has 76 valence electrons. The van der Waals surface area contributed by atoms with Crippen molar-refractivity contribution in [2.75, 3.05) is 6.26 Å². The summed E-state index contributed by atoms with van der Waals surface area (Å²) in [5, 5.41) is 1.13. The van der Waals surface area contributed by atoms with E-state index in [1.165, 1.54) is 12.1 Å². The molecule has 14 heavy (non-hydrogen) atoms. The lowest BCUT2D eigenvalue weighted by atomic mass is 10.1. The van der Waals surface area contributed by atoms with Crippen molar-refractivity contribution in [2.24, 2.45) is 0 Å². The zero-order valence-corrected chi connectivity index (χ0v) is 8.81. The molecule has 0 bridgehead atoms. The topological polar surface area (TPSA) is 34.1 Å². The number of allylic oxidation sites excluding steroid dienone is 1. The molecule has 0 unspecified atom stereocenters. The third-order valence-corrected chi connectivity index (χ3v) is 2.45. The number of hydrogen-bond donors (Lipinski definition) is 0. The Balaban J connectivity index is 3.13. The van der Waals surface area contributed by atoms with Gasteiger partial charge in [-0.3, -0.25) is 0 Å². The van der Waals surface area contributed by atoms with Crippen LogP contribution in [0.25, 0.3) is 5.57 Å². The maximum Gasteiger partial charge on any atom is 0.169 e. The normalized spacial score (nSPS) is 12.9. The monoisotopic (exact) mass is 214 g/mol. The molecule has 0 radical (unpaired) electrons. The number of hydrogen-bond acceptors (Lipinski definition) is 2. The van der Waals surface area contributed by atoms with Crippen molar-refractivity contribution < 1.29 is 12.8 Å². The van der Waals surface area contributed by atoms with Crippen molar-refractivity contribution in [1.29, 1.82) is 0 Å². The second-order valence-electron chi connectivity index (χ2n) is 3.14. The van der Waals surface area contributed by atoms with Gasteiger partial charge in [-0.2, -0.15) is 0 Å². The Hall–Kier alpha value is -1.16. The SMILES string of the molecule is C/C(=C/S(C)(=O)=O)c1cccc(F)c1. The minimum atomic E-state index is -3.17. The number of benzene rings is 1. The van der Waals surface area contributed by atoms with Crippen molar-refractivity contribution in [2.45, 2.75) is 6.92 Å². The minimum Gasteiger partial charge on any atom is -0.225 e. The fourth-order valence-electron chi connectivity index (χ4n) is 1.12. The first kappa shape index (κ1) is 10.9. The average molecular weight is 214 g/mol. The Morgan fingerprint density at radius 3 is 2.57 bits per heavy atom. The summed E-state index contributed by atoms with van der Waals surface area (Å²) in [6.07, 6.45) is 1.11. The van der Waals surface area contributed by atoms with Crippen molar-refractivity contribution in [3.05, 3.63) is 41.1 Å². The van der Waals surface area contributed by atoms with Crippen LogP contribution >= 0.6 is 0 Å². The quantitative estimate of drug-likeness (QED) is 0.756. The fourth-order valence-corrected chi connectivity index (χ4v) is 1.90. The number of sulfone groups is 1. The first-order valence-electron chi connectivity index (χ1n) is 4.03. The Morgan fingerprint density at radius 1 is 1.43 bits per heavy atom. The van der Waals surface area contributed by atoms with Crippen LogP contribution in [0.5, 0.6) is 0 Å². The molecular weight excluding hydrogens is 203 g/mol. The zero-order valence-electron chi connectivity index (χ0n) is 7.99. The molecule has 0 aliphatic heterocycles. The summed E-state index contributed by atoms with van der Waals surface area (Å²) in [7, 11) is -3.17. The van der Waals surface area contributed by atoms with E-state index >= 15 is 0 Å². The number of halogens is 1. The van der Waals surface area contributed by atoms with Crippen LogP contribution in [0.4, 0.5) is 4.39 Å². The van der Waals surface area contributed by atoms with Crippen LogP contribution in [-0.4, -0.2) is 14.7 Å². The summed E-state index contributed by atoms with van der Waals surface area (Å²) in [5.74, 6) is -0.372. The minimum absolute atomic E-state index is 0.372. The van der Waals surface area contributed by atoms with Gasteiger partial charge in [-0.05, 0) is 30.2 Å². The van der Waals surface area contributed by atoms with E-state index in [4.69, 9.17) is 0 Å². The van der Waals surface area contributed by atoms with E-state index in [0.29, 0.717) is 11.1 Å². The van der Waals surface area contributed by atoms with E-state index < -0.39 is 9.84 Å². The molecule has 0 N–H and O–H groups in total. The van der Waals surface area contributed by atoms with E-state index in [1.807, 2.05) is 0 Å². The highest BCUT2D eigenvalue weighted by Gasteiger charge is 2.01. The van der Waals surface area contributed by atoms with Crippen LogP contribution in [0.1, 0.15) is 12.5 Å². The molecule has 1 rings (SSSR count). The standard InChI is InChI=1S/C10H11FO2S/c1-8(7-14(2,12)13)9-4-3-5-10(11)6-9/h3-7H,1-2H3/b8-7-. The summed E-state index contributed by atoms with van der Waals surface area (Å²) < 4.78 is 34.6. The van der Waals surface area contributed by atoms with Crippen molar-refractivity contribution in [1.82, 2.24) is 0 Å². The van der Waals surface area contributed by atoms with Crippen molar-refractivity contribution in [3.63, 3.8) is 0 Å². The molecule has 0 aliphatic carbocycles. The summed E-state index contributed by atoms with van der Waals surface area (Å²) >= 11 is 0. The second kappa shape index (κ2) is 3.92. The molecule has 1 aromatic rings. The number of rotatable bonds is 2. The first-order valence-corrected chi connectivity index (χ1v) is 5.98. The Kier molecular flexibility index (Phi) is 3.06. The molecule has 0 atom stereocenters. The predicted molar refractivity (Wildman–Crippen MR) is 54.9 cm³/mol. The Morgan fingerprint density at radius 2 is 2.07 bits per heavy atom. The molecule has 0 spiro atoms. The van der Waals surface area contributed by atoms with Gasteiger partial charge >= 0.3 is 0 Å².